The van der Waals surface area contributed by atoms with Gasteiger partial charge in [-0.25, -0.2) is 9.97 Å². The number of carbonyl (C=O) groups excluding carboxylic acids is 1. The molecule has 0 atom stereocenters. The van der Waals surface area contributed by atoms with Crippen LogP contribution in [0.1, 0.15) is 16.2 Å². The summed E-state index contributed by atoms with van der Waals surface area (Å²) >= 11 is 0. The Morgan fingerprint density at radius 3 is 2.21 bits per heavy atom. The maximum Gasteiger partial charge on any atom is 0.230 e. The van der Waals surface area contributed by atoms with Gasteiger partial charge in [0.25, 0.3) is 0 Å². The highest BCUT2D eigenvalue weighted by Gasteiger charge is 2.09. The van der Waals surface area contributed by atoms with E-state index in [0.717, 1.165) is 0 Å². The van der Waals surface area contributed by atoms with Crippen molar-refractivity contribution in [2.45, 2.75) is 0 Å². The van der Waals surface area contributed by atoms with Gasteiger partial charge in [0.05, 0.1) is 0 Å². The highest BCUT2D eigenvalue weighted by atomic mass is 16.1. The number of carbonyl (C=O) groups is 1. The Morgan fingerprint density at radius 1 is 0.929 bits per heavy atom. The molecule has 1 aromatic carbocycles. The largest absolute Gasteiger partial charge is 0.285 e. The van der Waals surface area contributed by atoms with Crippen LogP contribution in [-0.2, 0) is 0 Å². The summed E-state index contributed by atoms with van der Waals surface area (Å²) in [6, 6.07) is 10.7. The van der Waals surface area contributed by atoms with Crippen LogP contribution in [0.4, 0.5) is 0 Å². The van der Waals surface area contributed by atoms with E-state index in [2.05, 4.69) is 9.97 Å². The lowest BCUT2D eigenvalue weighted by molar-refractivity contribution is 0.102. The second-order valence-electron chi connectivity index (χ2n) is 2.77. The zero-order valence-corrected chi connectivity index (χ0v) is 7.42. The molecule has 0 aliphatic carbocycles. The fourth-order valence-corrected chi connectivity index (χ4v) is 1.13. The Balaban J connectivity index is 2.35. The molecule has 0 amide bonds. The summed E-state index contributed by atoms with van der Waals surface area (Å²) < 4.78 is 0. The van der Waals surface area contributed by atoms with Gasteiger partial charge in [-0.3, -0.25) is 4.79 Å². The molecule has 1 aromatic heterocycles. The van der Waals surface area contributed by atoms with Crippen LogP contribution >= 0.6 is 0 Å². The number of hydrogen-bond donors (Lipinski definition) is 0. The van der Waals surface area contributed by atoms with Crippen LogP contribution in [-0.4, -0.2) is 15.8 Å². The number of hydrogen-bond acceptors (Lipinski definition) is 3. The van der Waals surface area contributed by atoms with Gasteiger partial charge in [0.15, 0.2) is 0 Å². The first-order valence-corrected chi connectivity index (χ1v) is 4.25. The minimum Gasteiger partial charge on any atom is -0.285 e. The third-order valence-electron chi connectivity index (χ3n) is 1.80. The number of nitrogens with zero attached hydrogens (tertiary/aromatic N) is 2. The van der Waals surface area contributed by atoms with Crippen LogP contribution < -0.4 is 0 Å². The first kappa shape index (κ1) is 8.56. The summed E-state index contributed by atoms with van der Waals surface area (Å²) in [5.41, 5.74) is 0.610. The van der Waals surface area contributed by atoms with Gasteiger partial charge >= 0.3 is 0 Å². The maximum atomic E-state index is 11.7. The van der Waals surface area contributed by atoms with E-state index in [4.69, 9.17) is 0 Å². The first-order chi connectivity index (χ1) is 6.88. The zero-order chi connectivity index (χ0) is 9.80. The summed E-state index contributed by atoms with van der Waals surface area (Å²) in [4.78, 5) is 19.5. The van der Waals surface area contributed by atoms with E-state index >= 15 is 0 Å². The SMILES string of the molecule is O=C(c1ccccc1)c1ncccn1. The molecule has 68 valence electrons. The molecule has 0 spiro atoms. The van der Waals surface area contributed by atoms with E-state index in [9.17, 15) is 4.79 Å². The minimum atomic E-state index is -0.147. The average molecular weight is 184 g/mol. The number of ketones is 1. The lowest BCUT2D eigenvalue weighted by Gasteiger charge is -1.97. The van der Waals surface area contributed by atoms with Crippen molar-refractivity contribution in [3.05, 3.63) is 60.2 Å². The van der Waals surface area contributed by atoms with Gasteiger partial charge in [-0.05, 0) is 6.07 Å². The molecule has 2 aromatic rings. The Labute approximate surface area is 81.5 Å². The smallest absolute Gasteiger partial charge is 0.230 e. The maximum absolute atomic E-state index is 11.7. The molecule has 1 heterocycles. The Morgan fingerprint density at radius 2 is 1.57 bits per heavy atom. The third kappa shape index (κ3) is 1.66. The van der Waals surface area contributed by atoms with Crippen molar-refractivity contribution >= 4 is 5.78 Å². The van der Waals surface area contributed by atoms with Crippen LogP contribution in [0.2, 0.25) is 0 Å². The molecule has 0 unspecified atom stereocenters. The van der Waals surface area contributed by atoms with Crippen molar-refractivity contribution in [3.63, 3.8) is 0 Å². The summed E-state index contributed by atoms with van der Waals surface area (Å²) in [6.07, 6.45) is 3.12. The van der Waals surface area contributed by atoms with Crippen molar-refractivity contribution < 1.29 is 4.79 Å². The lowest BCUT2D eigenvalue weighted by Crippen LogP contribution is -2.05. The average Bonchev–Trinajstić information content (AvgIpc) is 2.30. The topological polar surface area (TPSA) is 42.9 Å². The fraction of sp³-hybridized carbons (Fsp3) is 0. The normalized spacial score (nSPS) is 9.71. The van der Waals surface area contributed by atoms with E-state index in [1.54, 1.807) is 30.6 Å². The molecule has 3 nitrogen and oxygen atoms in total. The van der Waals surface area contributed by atoms with Gasteiger partial charge in [-0.15, -0.1) is 0 Å². The molecule has 14 heavy (non-hydrogen) atoms. The monoisotopic (exact) mass is 184 g/mol. The molecular formula is C11H8N2O. The van der Waals surface area contributed by atoms with Crippen LogP contribution in [0.15, 0.2) is 48.8 Å². The van der Waals surface area contributed by atoms with Gasteiger partial charge in [-0.2, -0.15) is 0 Å². The van der Waals surface area contributed by atoms with Gasteiger partial charge in [0.1, 0.15) is 0 Å². The summed E-state index contributed by atoms with van der Waals surface area (Å²) in [6.45, 7) is 0. The van der Waals surface area contributed by atoms with E-state index in [0.29, 0.717) is 5.56 Å². The predicted octanol–water partition coefficient (Wildman–Crippen LogP) is 1.71. The molecule has 0 aliphatic rings. The van der Waals surface area contributed by atoms with Crippen molar-refractivity contribution in [2.75, 3.05) is 0 Å². The minimum absolute atomic E-state index is 0.147. The predicted molar refractivity (Wildman–Crippen MR) is 51.9 cm³/mol. The van der Waals surface area contributed by atoms with Crippen molar-refractivity contribution in [1.82, 2.24) is 9.97 Å². The second-order valence-corrected chi connectivity index (χ2v) is 2.77. The van der Waals surface area contributed by atoms with Crippen LogP contribution in [0.25, 0.3) is 0 Å². The van der Waals surface area contributed by atoms with Crippen LogP contribution in [0, 0.1) is 0 Å². The summed E-state index contributed by atoms with van der Waals surface area (Å²) in [5, 5.41) is 0. The Bertz CT molecular complexity index is 384. The van der Waals surface area contributed by atoms with E-state index < -0.39 is 0 Å². The molecule has 0 fully saturated rings. The molecule has 3 heteroatoms. The highest BCUT2D eigenvalue weighted by Crippen LogP contribution is 2.03. The fourth-order valence-electron chi connectivity index (χ4n) is 1.13. The van der Waals surface area contributed by atoms with Crippen LogP contribution in [0.5, 0.6) is 0 Å². The van der Waals surface area contributed by atoms with Crippen LogP contribution in [0.3, 0.4) is 0 Å². The molecular weight excluding hydrogens is 176 g/mol. The van der Waals surface area contributed by atoms with Crippen molar-refractivity contribution in [2.24, 2.45) is 0 Å². The van der Waals surface area contributed by atoms with Crippen molar-refractivity contribution in [1.29, 1.82) is 0 Å². The van der Waals surface area contributed by atoms with Gasteiger partial charge in [-0.1, -0.05) is 30.3 Å². The molecule has 0 saturated heterocycles. The quantitative estimate of drug-likeness (QED) is 0.667. The zero-order valence-electron chi connectivity index (χ0n) is 7.42. The van der Waals surface area contributed by atoms with E-state index in [-0.39, 0.29) is 11.6 Å². The van der Waals surface area contributed by atoms with Gasteiger partial charge in [0, 0.05) is 18.0 Å². The Kier molecular flexibility index (Phi) is 2.32. The van der Waals surface area contributed by atoms with E-state index in [1.807, 2.05) is 18.2 Å². The summed E-state index contributed by atoms with van der Waals surface area (Å²) in [7, 11) is 0. The molecule has 0 aliphatic heterocycles. The second kappa shape index (κ2) is 3.79. The van der Waals surface area contributed by atoms with E-state index in [1.165, 1.54) is 0 Å². The highest BCUT2D eigenvalue weighted by molar-refractivity contribution is 6.06. The number of benzene rings is 1. The van der Waals surface area contributed by atoms with Gasteiger partial charge < -0.3 is 0 Å². The van der Waals surface area contributed by atoms with Gasteiger partial charge in [0.2, 0.25) is 11.6 Å². The Hall–Kier alpha value is -2.03. The molecule has 0 saturated carbocycles. The molecule has 2 rings (SSSR count). The molecule has 0 N–H and O–H groups in total. The molecule has 0 bridgehead atoms. The first-order valence-electron chi connectivity index (χ1n) is 4.25. The molecule has 0 radical (unpaired) electrons. The number of aromatic nitrogens is 2. The standard InChI is InChI=1S/C11H8N2O/c14-10(9-5-2-1-3-6-9)11-12-7-4-8-13-11/h1-8H. The summed E-state index contributed by atoms with van der Waals surface area (Å²) in [5.74, 6) is 0.0879. The number of rotatable bonds is 2. The van der Waals surface area contributed by atoms with Crippen molar-refractivity contribution in [3.8, 4) is 0 Å². The lowest BCUT2D eigenvalue weighted by atomic mass is 10.1. The third-order valence-corrected chi connectivity index (χ3v) is 1.80.